The Kier molecular flexibility index (Phi) is 6.35. The van der Waals surface area contributed by atoms with E-state index in [-0.39, 0.29) is 19.2 Å². The van der Waals surface area contributed by atoms with Crippen LogP contribution in [0.5, 0.6) is 11.8 Å². The third-order valence-electron chi connectivity index (χ3n) is 4.87. The van der Waals surface area contributed by atoms with E-state index in [1.165, 1.54) is 6.33 Å². The van der Waals surface area contributed by atoms with Crippen LogP contribution in [0.25, 0.3) is 22.2 Å². The number of rotatable bonds is 9. The summed E-state index contributed by atoms with van der Waals surface area (Å²) in [5, 5.41) is 5.93. The molecule has 10 nitrogen and oxygen atoms in total. The summed E-state index contributed by atoms with van der Waals surface area (Å²) < 4.78 is 25.2. The van der Waals surface area contributed by atoms with E-state index in [0.717, 1.165) is 23.8 Å². The normalized spacial score (nSPS) is 14.4. The lowest BCUT2D eigenvalue weighted by Crippen LogP contribution is -2.37. The van der Waals surface area contributed by atoms with E-state index in [2.05, 4.69) is 30.6 Å². The molecular weight excluding hydrogens is 417 g/mol. The Morgan fingerprint density at radius 3 is 2.81 bits per heavy atom. The van der Waals surface area contributed by atoms with Crippen LogP contribution in [0.15, 0.2) is 24.7 Å². The molecule has 1 unspecified atom stereocenters. The minimum atomic E-state index is -1.16. The molecule has 0 bridgehead atoms. The lowest BCUT2D eigenvalue weighted by atomic mass is 10.1. The minimum Gasteiger partial charge on any atom is -0.480 e. The number of aromatic amines is 1. The molecule has 1 aliphatic carbocycles. The van der Waals surface area contributed by atoms with E-state index >= 15 is 0 Å². The van der Waals surface area contributed by atoms with Gasteiger partial charge in [-0.2, -0.15) is 0 Å². The monoisotopic (exact) mass is 443 g/mol. The van der Waals surface area contributed by atoms with E-state index in [9.17, 15) is 9.18 Å². The number of carbonyl (C=O) groups is 1. The van der Waals surface area contributed by atoms with E-state index in [4.69, 9.17) is 9.47 Å². The van der Waals surface area contributed by atoms with Crippen molar-refractivity contribution in [1.82, 2.24) is 30.2 Å². The van der Waals surface area contributed by atoms with Gasteiger partial charge < -0.3 is 24.7 Å². The van der Waals surface area contributed by atoms with Crippen LogP contribution in [-0.2, 0) is 0 Å². The quantitative estimate of drug-likeness (QED) is 0.465. The molecular formula is C21H26FN7O3. The van der Waals surface area contributed by atoms with Crippen LogP contribution in [-0.4, -0.2) is 77.4 Å². The number of anilines is 1. The summed E-state index contributed by atoms with van der Waals surface area (Å²) in [7, 11) is 5.09. The summed E-state index contributed by atoms with van der Waals surface area (Å²) in [6.45, 7) is 0.144. The Morgan fingerprint density at radius 1 is 1.31 bits per heavy atom. The highest BCUT2D eigenvalue weighted by atomic mass is 19.1. The zero-order valence-electron chi connectivity index (χ0n) is 18.2. The van der Waals surface area contributed by atoms with Crippen molar-refractivity contribution in [3.63, 3.8) is 0 Å². The molecule has 0 spiro atoms. The second kappa shape index (κ2) is 9.35. The number of nitrogens with one attached hydrogen (secondary N) is 3. The molecule has 11 heteroatoms. The molecule has 2 amide bonds. The predicted molar refractivity (Wildman–Crippen MR) is 118 cm³/mol. The molecule has 4 rings (SSSR count). The largest absolute Gasteiger partial charge is 0.480 e. The zero-order chi connectivity index (χ0) is 22.7. The molecule has 0 radical (unpaired) electrons. The van der Waals surface area contributed by atoms with Gasteiger partial charge in [-0.3, -0.25) is 5.32 Å². The smallest absolute Gasteiger partial charge is 0.320 e. The summed E-state index contributed by atoms with van der Waals surface area (Å²) in [6.07, 6.45) is 4.18. The van der Waals surface area contributed by atoms with Crippen LogP contribution in [0.4, 0.5) is 15.0 Å². The van der Waals surface area contributed by atoms with Crippen molar-refractivity contribution in [1.29, 1.82) is 0 Å². The second-order valence-corrected chi connectivity index (χ2v) is 7.87. The minimum absolute atomic E-state index is 0.0868. The van der Waals surface area contributed by atoms with Gasteiger partial charge in [-0.1, -0.05) is 0 Å². The number of alkyl halides is 1. The van der Waals surface area contributed by atoms with E-state index in [1.54, 1.807) is 38.4 Å². The van der Waals surface area contributed by atoms with Crippen molar-refractivity contribution in [2.75, 3.05) is 39.6 Å². The number of amides is 2. The van der Waals surface area contributed by atoms with Gasteiger partial charge in [0.1, 0.15) is 35.6 Å². The van der Waals surface area contributed by atoms with Crippen LogP contribution < -0.4 is 20.1 Å². The Bertz CT molecular complexity index is 1100. The summed E-state index contributed by atoms with van der Waals surface area (Å²) in [4.78, 5) is 29.9. The van der Waals surface area contributed by atoms with Crippen molar-refractivity contribution < 1.29 is 18.7 Å². The first kappa shape index (κ1) is 21.8. The molecule has 0 saturated heterocycles. The molecule has 0 aromatic carbocycles. The standard InChI is InChI=1S/C21H26FN7O3/c1-29(2)10-12(22)8-24-21(30)28-16-7-6-14-15(9-23-18(14)27-16)17-19(31-3)25-11-26-20(17)32-13-4-5-13/h6-7,9,11-13H,4-5,8,10H2,1-3H3,(H3,23,24,27,28,30). The molecule has 3 aromatic heterocycles. The van der Waals surface area contributed by atoms with Crippen LogP contribution in [0.2, 0.25) is 0 Å². The Balaban J connectivity index is 1.52. The highest BCUT2D eigenvalue weighted by Gasteiger charge is 2.28. The number of nitrogens with zero attached hydrogens (tertiary/aromatic N) is 4. The highest BCUT2D eigenvalue weighted by Crippen LogP contribution is 2.41. The fourth-order valence-electron chi connectivity index (χ4n) is 3.28. The van der Waals surface area contributed by atoms with E-state index in [0.29, 0.717) is 28.8 Å². The van der Waals surface area contributed by atoms with Gasteiger partial charge in [-0.25, -0.2) is 24.1 Å². The Morgan fingerprint density at radius 2 is 2.09 bits per heavy atom. The van der Waals surface area contributed by atoms with Gasteiger partial charge in [0.15, 0.2) is 0 Å². The maximum Gasteiger partial charge on any atom is 0.320 e. The first-order valence-electron chi connectivity index (χ1n) is 10.3. The molecule has 1 atom stereocenters. The van der Waals surface area contributed by atoms with Crippen molar-refractivity contribution in [3.05, 3.63) is 24.7 Å². The van der Waals surface area contributed by atoms with Crippen LogP contribution >= 0.6 is 0 Å². The van der Waals surface area contributed by atoms with Gasteiger partial charge in [0, 0.05) is 23.7 Å². The topological polar surface area (TPSA) is 117 Å². The van der Waals surface area contributed by atoms with Crippen LogP contribution in [0, 0.1) is 0 Å². The maximum atomic E-state index is 13.8. The molecule has 0 aliphatic heterocycles. The van der Waals surface area contributed by atoms with Crippen molar-refractivity contribution in [2.45, 2.75) is 25.1 Å². The fraction of sp³-hybridized carbons (Fsp3) is 0.429. The van der Waals surface area contributed by atoms with E-state index < -0.39 is 12.2 Å². The molecule has 3 aromatic rings. The van der Waals surface area contributed by atoms with Crippen LogP contribution in [0.1, 0.15) is 12.8 Å². The lowest BCUT2D eigenvalue weighted by molar-refractivity contribution is 0.228. The van der Waals surface area contributed by atoms with Gasteiger partial charge in [0.25, 0.3) is 0 Å². The molecule has 1 fully saturated rings. The summed E-state index contributed by atoms with van der Waals surface area (Å²) in [6, 6.07) is 2.97. The van der Waals surface area contributed by atoms with Gasteiger partial charge in [0.2, 0.25) is 11.8 Å². The van der Waals surface area contributed by atoms with Gasteiger partial charge in [0.05, 0.1) is 13.7 Å². The van der Waals surface area contributed by atoms with E-state index in [1.807, 2.05) is 6.07 Å². The number of hydrogen-bond acceptors (Lipinski definition) is 7. The number of methoxy groups -OCH3 is 1. The average molecular weight is 443 g/mol. The number of hydrogen-bond donors (Lipinski definition) is 3. The van der Waals surface area contributed by atoms with Gasteiger partial charge in [-0.15, -0.1) is 0 Å². The molecule has 170 valence electrons. The summed E-state index contributed by atoms with van der Waals surface area (Å²) in [5.74, 6) is 1.19. The molecule has 3 N–H and O–H groups in total. The zero-order valence-corrected chi connectivity index (χ0v) is 18.2. The summed E-state index contributed by atoms with van der Waals surface area (Å²) >= 11 is 0. The van der Waals surface area contributed by atoms with Crippen molar-refractivity contribution in [3.8, 4) is 22.9 Å². The van der Waals surface area contributed by atoms with Crippen molar-refractivity contribution >= 4 is 22.9 Å². The van der Waals surface area contributed by atoms with Gasteiger partial charge in [-0.05, 0) is 39.1 Å². The average Bonchev–Trinajstić information content (AvgIpc) is 3.48. The number of halogens is 1. The first-order valence-corrected chi connectivity index (χ1v) is 10.3. The van der Waals surface area contributed by atoms with Crippen molar-refractivity contribution in [2.24, 2.45) is 0 Å². The number of pyridine rings is 1. The third-order valence-corrected chi connectivity index (χ3v) is 4.87. The Hall–Kier alpha value is -3.47. The number of aromatic nitrogens is 4. The highest BCUT2D eigenvalue weighted by molar-refractivity contribution is 5.98. The molecule has 1 aliphatic rings. The van der Waals surface area contributed by atoms with Crippen LogP contribution in [0.3, 0.4) is 0 Å². The van der Waals surface area contributed by atoms with Gasteiger partial charge >= 0.3 is 6.03 Å². The predicted octanol–water partition coefficient (Wildman–Crippen LogP) is 2.59. The second-order valence-electron chi connectivity index (χ2n) is 7.87. The molecule has 1 saturated carbocycles. The number of H-pyrrole nitrogens is 1. The number of urea groups is 1. The summed E-state index contributed by atoms with van der Waals surface area (Å²) in [5.41, 5.74) is 1.97. The lowest BCUT2D eigenvalue weighted by Gasteiger charge is -2.14. The number of carbonyl (C=O) groups excluding carboxylic acids is 1. The molecule has 3 heterocycles. The molecule has 32 heavy (non-hydrogen) atoms. The Labute approximate surface area is 184 Å². The number of ether oxygens (including phenoxy) is 2. The fourth-order valence-corrected chi connectivity index (χ4v) is 3.28. The third kappa shape index (κ3) is 5.05. The maximum absolute atomic E-state index is 13.8. The SMILES string of the molecule is COc1ncnc(OC2CC2)c1-c1c[nH]c2nc(NC(=O)NCC(F)CN(C)C)ccc12. The first-order chi connectivity index (χ1) is 15.4. The number of fused-ring (bicyclic) bond motifs is 1.